The van der Waals surface area contributed by atoms with E-state index in [-0.39, 0.29) is 42.9 Å². The van der Waals surface area contributed by atoms with Gasteiger partial charge in [0.1, 0.15) is 18.1 Å². The molecule has 0 aliphatic heterocycles. The number of aliphatic hydroxyl groups is 2. The van der Waals surface area contributed by atoms with Crippen molar-refractivity contribution in [2.24, 2.45) is 0 Å². The lowest BCUT2D eigenvalue weighted by atomic mass is 9.98. The Morgan fingerprint density at radius 2 is 1.66 bits per heavy atom. The van der Waals surface area contributed by atoms with Crippen molar-refractivity contribution in [3.05, 3.63) is 83.2 Å². The van der Waals surface area contributed by atoms with Crippen molar-refractivity contribution in [1.82, 2.24) is 25.3 Å². The number of nitrogens with zero attached hydrogens (tertiary/aromatic N) is 4. The molecule has 4 aromatic rings. The molecule has 0 aliphatic rings. The number of hydrogen-bond acceptors (Lipinski definition) is 9. The number of alkyl halides is 2. The summed E-state index contributed by atoms with van der Waals surface area (Å²) in [4.78, 5) is 17.2. The van der Waals surface area contributed by atoms with Gasteiger partial charge in [-0.05, 0) is 74.9 Å². The molecule has 41 heavy (non-hydrogen) atoms. The molecular formula is C29H31F3N6O3. The maximum atomic E-state index is 13.7. The summed E-state index contributed by atoms with van der Waals surface area (Å²) in [5.74, 6) is -0.567. The number of halogens is 3. The lowest BCUT2D eigenvalue weighted by molar-refractivity contribution is 0.145. The van der Waals surface area contributed by atoms with Crippen LogP contribution in [0.2, 0.25) is 0 Å². The number of ether oxygens (including phenoxy) is 1. The molecule has 0 atom stereocenters. The molecule has 12 heteroatoms. The molecule has 0 radical (unpaired) electrons. The van der Waals surface area contributed by atoms with Gasteiger partial charge in [0.15, 0.2) is 0 Å². The summed E-state index contributed by atoms with van der Waals surface area (Å²) in [7, 11) is 0. The highest BCUT2D eigenvalue weighted by atomic mass is 19.3. The van der Waals surface area contributed by atoms with Crippen LogP contribution in [0.5, 0.6) is 5.88 Å². The highest BCUT2D eigenvalue weighted by Gasteiger charge is 2.26. The number of nitrogens with one attached hydrogen (secondary N) is 1. The van der Waals surface area contributed by atoms with Crippen LogP contribution in [0.4, 0.5) is 19.1 Å². The lowest BCUT2D eigenvalue weighted by Gasteiger charge is -2.30. The molecule has 3 aromatic heterocycles. The molecule has 4 rings (SSSR count). The summed E-state index contributed by atoms with van der Waals surface area (Å²) in [6.07, 6.45) is -2.82. The fourth-order valence-electron chi connectivity index (χ4n) is 4.37. The molecule has 9 nitrogen and oxygen atoms in total. The van der Waals surface area contributed by atoms with Gasteiger partial charge in [0.2, 0.25) is 11.8 Å². The van der Waals surface area contributed by atoms with Gasteiger partial charge in [-0.1, -0.05) is 6.07 Å². The first-order valence-corrected chi connectivity index (χ1v) is 12.8. The van der Waals surface area contributed by atoms with Crippen LogP contribution in [0.3, 0.4) is 0 Å². The Labute approximate surface area is 235 Å². The van der Waals surface area contributed by atoms with E-state index in [1.165, 1.54) is 30.3 Å². The van der Waals surface area contributed by atoms with E-state index < -0.39 is 29.5 Å². The Morgan fingerprint density at radius 3 is 2.32 bits per heavy atom. The minimum absolute atomic E-state index is 0.0212. The summed E-state index contributed by atoms with van der Waals surface area (Å²) in [5.41, 5.74) is 7.75. The summed E-state index contributed by atoms with van der Waals surface area (Å²) in [6, 6.07) is 13.1. The zero-order valence-corrected chi connectivity index (χ0v) is 22.8. The number of benzene rings is 1. The number of aryl methyl sites for hydroxylation is 1. The first-order valence-electron chi connectivity index (χ1n) is 12.8. The number of aliphatic hydroxyl groups excluding tert-OH is 2. The number of nitrogens with two attached hydrogens (primary N) is 1. The van der Waals surface area contributed by atoms with E-state index in [2.05, 4.69) is 25.3 Å². The van der Waals surface area contributed by atoms with E-state index in [4.69, 9.17) is 10.5 Å². The predicted molar refractivity (Wildman–Crippen MR) is 147 cm³/mol. The second-order valence-electron chi connectivity index (χ2n) is 9.97. The first kappa shape index (κ1) is 29.8. The maximum absolute atomic E-state index is 13.7. The van der Waals surface area contributed by atoms with Gasteiger partial charge in [0.05, 0.1) is 47.4 Å². The van der Waals surface area contributed by atoms with Crippen molar-refractivity contribution in [3.8, 4) is 28.3 Å². The third-order valence-electron chi connectivity index (χ3n) is 6.31. The number of hydrogen-bond donors (Lipinski definition) is 4. The molecule has 0 amide bonds. The third kappa shape index (κ3) is 7.15. The van der Waals surface area contributed by atoms with Crippen LogP contribution >= 0.6 is 0 Å². The fourth-order valence-corrected chi connectivity index (χ4v) is 4.37. The molecule has 0 spiro atoms. The Bertz CT molecular complexity index is 1500. The van der Waals surface area contributed by atoms with Crippen molar-refractivity contribution in [2.75, 3.05) is 18.9 Å². The van der Waals surface area contributed by atoms with Gasteiger partial charge in [0.25, 0.3) is 6.43 Å². The van der Waals surface area contributed by atoms with Gasteiger partial charge < -0.3 is 20.7 Å². The lowest BCUT2D eigenvalue weighted by Crippen LogP contribution is -2.47. The summed E-state index contributed by atoms with van der Waals surface area (Å²) < 4.78 is 47.2. The van der Waals surface area contributed by atoms with Gasteiger partial charge in [-0.3, -0.25) is 15.3 Å². The van der Waals surface area contributed by atoms with Gasteiger partial charge in [-0.25, -0.2) is 18.2 Å². The van der Waals surface area contributed by atoms with Crippen molar-refractivity contribution in [1.29, 1.82) is 0 Å². The van der Waals surface area contributed by atoms with E-state index >= 15 is 0 Å². The molecule has 0 fully saturated rings. The highest BCUT2D eigenvalue weighted by molar-refractivity contribution is 5.85. The minimum Gasteiger partial charge on any atom is -0.471 e. The van der Waals surface area contributed by atoms with Crippen LogP contribution in [0, 0.1) is 12.7 Å². The average molecular weight is 569 g/mol. The minimum atomic E-state index is -2.82. The molecule has 0 unspecified atom stereocenters. The predicted octanol–water partition coefficient (Wildman–Crippen LogP) is 4.32. The zero-order chi connectivity index (χ0) is 29.7. The van der Waals surface area contributed by atoms with Gasteiger partial charge >= 0.3 is 0 Å². The number of nitrogen functional groups attached to an aromatic ring is 1. The van der Waals surface area contributed by atoms with E-state index in [0.717, 1.165) is 0 Å². The van der Waals surface area contributed by atoms with Gasteiger partial charge in [-0.2, -0.15) is 4.98 Å². The Kier molecular flexibility index (Phi) is 9.16. The second-order valence-corrected chi connectivity index (χ2v) is 9.97. The number of pyridine rings is 2. The molecular weight excluding hydrogens is 537 g/mol. The Balaban J connectivity index is 1.76. The van der Waals surface area contributed by atoms with Crippen LogP contribution in [0.1, 0.15) is 43.0 Å². The van der Waals surface area contributed by atoms with Gasteiger partial charge in [-0.15, -0.1) is 0 Å². The summed E-state index contributed by atoms with van der Waals surface area (Å²) >= 11 is 0. The molecule has 0 aliphatic carbocycles. The molecule has 0 saturated carbocycles. The number of rotatable bonds is 11. The Hall–Kier alpha value is -4.13. The van der Waals surface area contributed by atoms with Crippen molar-refractivity contribution >= 4 is 5.95 Å². The largest absolute Gasteiger partial charge is 0.471 e. The van der Waals surface area contributed by atoms with Crippen LogP contribution in [-0.4, -0.2) is 49.4 Å². The van der Waals surface area contributed by atoms with Gasteiger partial charge in [0, 0.05) is 11.3 Å². The first-order chi connectivity index (χ1) is 19.5. The van der Waals surface area contributed by atoms with Crippen molar-refractivity contribution in [3.63, 3.8) is 0 Å². The van der Waals surface area contributed by atoms with Crippen molar-refractivity contribution in [2.45, 2.75) is 45.4 Å². The SMILES string of the molecule is Cc1cc(-c2c(OCc3cccc(C(C)(C)NC(CO)CO)n3)nc(N)nc2-c2ccc(F)cc2)cc(C(F)F)n1. The van der Waals surface area contributed by atoms with Crippen molar-refractivity contribution < 1.29 is 28.1 Å². The topological polar surface area (TPSA) is 139 Å². The monoisotopic (exact) mass is 568 g/mol. The van der Waals surface area contributed by atoms with Crippen LogP contribution < -0.4 is 15.8 Å². The third-order valence-corrected chi connectivity index (χ3v) is 6.31. The highest BCUT2D eigenvalue weighted by Crippen LogP contribution is 2.39. The van der Waals surface area contributed by atoms with E-state index in [9.17, 15) is 23.4 Å². The Morgan fingerprint density at radius 1 is 0.951 bits per heavy atom. The fraction of sp³-hybridized carbons (Fsp3) is 0.310. The molecule has 0 saturated heterocycles. The quantitative estimate of drug-likeness (QED) is 0.208. The normalized spacial score (nSPS) is 11.9. The second kappa shape index (κ2) is 12.6. The number of aromatic nitrogens is 4. The van der Waals surface area contributed by atoms with Crippen LogP contribution in [0.25, 0.3) is 22.4 Å². The van der Waals surface area contributed by atoms with Crippen LogP contribution in [0.15, 0.2) is 54.6 Å². The smallest absolute Gasteiger partial charge is 0.280 e. The molecule has 5 N–H and O–H groups in total. The van der Waals surface area contributed by atoms with E-state index in [1.54, 1.807) is 31.2 Å². The molecule has 0 bridgehead atoms. The van der Waals surface area contributed by atoms with E-state index in [0.29, 0.717) is 28.2 Å². The maximum Gasteiger partial charge on any atom is 0.280 e. The van der Waals surface area contributed by atoms with E-state index in [1.807, 2.05) is 13.8 Å². The molecule has 216 valence electrons. The summed E-state index contributed by atoms with van der Waals surface area (Å²) in [6.45, 7) is 4.75. The summed E-state index contributed by atoms with van der Waals surface area (Å²) in [5, 5.41) is 22.1. The molecule has 1 aromatic carbocycles. The van der Waals surface area contributed by atoms with Crippen LogP contribution in [-0.2, 0) is 12.1 Å². The average Bonchev–Trinajstić information content (AvgIpc) is 2.94. The standard InChI is InChI=1S/C29H31F3N6O3/c1-16-11-18(12-22(34-16)26(31)32)24-25(17-7-9-19(30)10-8-17)36-28(33)37-27(24)41-15-20-5-4-6-23(35-20)29(2,3)38-21(13-39)14-40/h4-12,21,26,38-40H,13-15H2,1-3H3,(H2,33,36,37). The number of anilines is 1. The zero-order valence-electron chi connectivity index (χ0n) is 22.8. The molecule has 3 heterocycles.